The number of anilines is 3. The van der Waals surface area contributed by atoms with E-state index in [1.807, 2.05) is 11.3 Å². The molecule has 0 saturated heterocycles. The zero-order valence-corrected chi connectivity index (χ0v) is 27.1. The Morgan fingerprint density at radius 3 is 1.88 bits per heavy atom. The molecule has 0 unspecified atom stereocenters. The molecule has 226 valence electrons. The molecule has 9 aromatic rings. The van der Waals surface area contributed by atoms with Crippen molar-refractivity contribution in [1.82, 2.24) is 0 Å². The van der Waals surface area contributed by atoms with E-state index in [1.165, 1.54) is 64.3 Å². The molecule has 48 heavy (non-hydrogen) atoms. The van der Waals surface area contributed by atoms with Crippen LogP contribution in [-0.4, -0.2) is 0 Å². The Morgan fingerprint density at radius 2 is 0.979 bits per heavy atom. The highest BCUT2D eigenvalue weighted by Gasteiger charge is 2.20. The minimum absolute atomic E-state index is 1.11. The van der Waals surface area contributed by atoms with Gasteiger partial charge in [-0.05, 0) is 87.1 Å². The summed E-state index contributed by atoms with van der Waals surface area (Å²) < 4.78 is 2.62. The van der Waals surface area contributed by atoms with Crippen LogP contribution < -0.4 is 4.90 Å². The molecular weight excluding hydrogens is 599 g/mol. The largest absolute Gasteiger partial charge is 0.310 e. The maximum atomic E-state index is 2.42. The number of hydrogen-bond donors (Lipinski definition) is 0. The van der Waals surface area contributed by atoms with Crippen LogP contribution in [0.25, 0.3) is 64.3 Å². The third-order valence-corrected chi connectivity index (χ3v) is 10.4. The first-order valence-corrected chi connectivity index (χ1v) is 17.2. The SMILES string of the molecule is c1ccc(-c2ccc(N(c3cccc(-c4ccc5ccccc5c4)c3)c3ccccc3-c3cccc4sc5ccccc5c34)cc2)cc1. The fourth-order valence-electron chi connectivity index (χ4n) is 6.95. The summed E-state index contributed by atoms with van der Waals surface area (Å²) in [6.45, 7) is 0. The molecule has 0 aliphatic rings. The van der Waals surface area contributed by atoms with E-state index in [0.717, 1.165) is 17.1 Å². The second-order valence-electron chi connectivity index (χ2n) is 12.2. The molecular formula is C46H31NS. The van der Waals surface area contributed by atoms with Crippen molar-refractivity contribution in [3.05, 3.63) is 188 Å². The van der Waals surface area contributed by atoms with Crippen LogP contribution in [0.15, 0.2) is 188 Å². The number of rotatable bonds is 6. The summed E-state index contributed by atoms with van der Waals surface area (Å²) in [4.78, 5) is 2.42. The summed E-state index contributed by atoms with van der Waals surface area (Å²) in [5.74, 6) is 0. The van der Waals surface area contributed by atoms with Crippen LogP contribution >= 0.6 is 11.3 Å². The number of thiophene rings is 1. The number of nitrogens with zero attached hydrogens (tertiary/aromatic N) is 1. The molecule has 0 bridgehead atoms. The molecule has 9 rings (SSSR count). The molecule has 8 aromatic carbocycles. The van der Waals surface area contributed by atoms with Crippen molar-refractivity contribution in [2.75, 3.05) is 4.90 Å². The molecule has 0 aliphatic carbocycles. The number of hydrogen-bond acceptors (Lipinski definition) is 2. The molecule has 0 saturated carbocycles. The van der Waals surface area contributed by atoms with Crippen molar-refractivity contribution in [1.29, 1.82) is 0 Å². The molecule has 2 heteroatoms. The van der Waals surface area contributed by atoms with Gasteiger partial charge in [0.25, 0.3) is 0 Å². The Kier molecular flexibility index (Phi) is 7.07. The molecule has 0 atom stereocenters. The van der Waals surface area contributed by atoms with E-state index in [9.17, 15) is 0 Å². The van der Waals surface area contributed by atoms with Crippen LogP contribution in [0.1, 0.15) is 0 Å². The van der Waals surface area contributed by atoms with E-state index in [-0.39, 0.29) is 0 Å². The Bertz CT molecular complexity index is 2560. The summed E-state index contributed by atoms with van der Waals surface area (Å²) in [5, 5.41) is 5.12. The fourth-order valence-corrected chi connectivity index (χ4v) is 8.08. The van der Waals surface area contributed by atoms with E-state index in [1.54, 1.807) is 0 Å². The second-order valence-corrected chi connectivity index (χ2v) is 13.2. The van der Waals surface area contributed by atoms with Crippen LogP contribution in [0.3, 0.4) is 0 Å². The van der Waals surface area contributed by atoms with Crippen LogP contribution in [0.4, 0.5) is 17.1 Å². The van der Waals surface area contributed by atoms with Gasteiger partial charge >= 0.3 is 0 Å². The highest BCUT2D eigenvalue weighted by atomic mass is 32.1. The lowest BCUT2D eigenvalue weighted by Gasteiger charge is -2.28. The molecule has 0 radical (unpaired) electrons. The van der Waals surface area contributed by atoms with E-state index in [2.05, 4.69) is 193 Å². The van der Waals surface area contributed by atoms with Gasteiger partial charge in [-0.3, -0.25) is 0 Å². The van der Waals surface area contributed by atoms with Crippen LogP contribution in [-0.2, 0) is 0 Å². The van der Waals surface area contributed by atoms with Crippen molar-refractivity contribution in [3.8, 4) is 33.4 Å². The highest BCUT2D eigenvalue weighted by Crippen LogP contribution is 2.46. The van der Waals surface area contributed by atoms with Crippen molar-refractivity contribution < 1.29 is 0 Å². The quantitative estimate of drug-likeness (QED) is 0.177. The minimum Gasteiger partial charge on any atom is -0.310 e. The lowest BCUT2D eigenvalue weighted by Crippen LogP contribution is -2.11. The third kappa shape index (κ3) is 5.04. The van der Waals surface area contributed by atoms with E-state index in [4.69, 9.17) is 0 Å². The molecule has 0 amide bonds. The predicted molar refractivity (Wildman–Crippen MR) is 208 cm³/mol. The maximum absolute atomic E-state index is 2.42. The molecule has 0 N–H and O–H groups in total. The van der Waals surface area contributed by atoms with Crippen LogP contribution in [0.5, 0.6) is 0 Å². The fraction of sp³-hybridized carbons (Fsp3) is 0. The van der Waals surface area contributed by atoms with Gasteiger partial charge in [-0.15, -0.1) is 11.3 Å². The predicted octanol–water partition coefficient (Wildman–Crippen LogP) is 13.7. The van der Waals surface area contributed by atoms with Crippen molar-refractivity contribution in [2.24, 2.45) is 0 Å². The molecule has 0 spiro atoms. The smallest absolute Gasteiger partial charge is 0.0540 e. The molecule has 1 nitrogen and oxygen atoms in total. The normalized spacial score (nSPS) is 11.3. The first-order valence-electron chi connectivity index (χ1n) is 16.3. The molecule has 0 fully saturated rings. The highest BCUT2D eigenvalue weighted by molar-refractivity contribution is 7.25. The van der Waals surface area contributed by atoms with Gasteiger partial charge in [-0.2, -0.15) is 0 Å². The summed E-state index contributed by atoms with van der Waals surface area (Å²) in [5.41, 5.74) is 10.6. The minimum atomic E-state index is 1.11. The topological polar surface area (TPSA) is 3.24 Å². The average Bonchev–Trinajstić information content (AvgIpc) is 3.55. The Hall–Kier alpha value is -5.96. The van der Waals surface area contributed by atoms with Crippen molar-refractivity contribution in [2.45, 2.75) is 0 Å². The average molecular weight is 630 g/mol. The number of para-hydroxylation sites is 1. The van der Waals surface area contributed by atoms with E-state index < -0.39 is 0 Å². The third-order valence-electron chi connectivity index (χ3n) is 9.26. The maximum Gasteiger partial charge on any atom is 0.0540 e. The van der Waals surface area contributed by atoms with Crippen LogP contribution in [0.2, 0.25) is 0 Å². The number of benzene rings is 8. The standard InChI is InChI=1S/C46H31NS/c1-2-12-32(13-3-1)34-26-28-38(29-27-34)47(39-17-10-16-36(31-39)37-25-24-33-14-4-5-15-35(33)30-37)43-21-8-6-18-40(43)41-20-11-23-45-46(41)42-19-7-9-22-44(42)48-45/h1-31H. The van der Waals surface area contributed by atoms with E-state index >= 15 is 0 Å². The van der Waals surface area contributed by atoms with Crippen molar-refractivity contribution >= 4 is 59.3 Å². The van der Waals surface area contributed by atoms with Crippen LogP contribution in [0, 0.1) is 0 Å². The van der Waals surface area contributed by atoms with Gasteiger partial charge in [-0.1, -0.05) is 140 Å². The molecule has 0 aliphatic heterocycles. The van der Waals surface area contributed by atoms with Gasteiger partial charge in [-0.25, -0.2) is 0 Å². The molecule has 1 aromatic heterocycles. The first-order chi connectivity index (χ1) is 23.8. The summed E-state index contributed by atoms with van der Waals surface area (Å²) in [6, 6.07) is 68.2. The monoisotopic (exact) mass is 629 g/mol. The van der Waals surface area contributed by atoms with E-state index in [0.29, 0.717) is 0 Å². The Morgan fingerprint density at radius 1 is 0.354 bits per heavy atom. The summed E-state index contributed by atoms with van der Waals surface area (Å²) in [6.07, 6.45) is 0. The van der Waals surface area contributed by atoms with Gasteiger partial charge in [0.1, 0.15) is 0 Å². The number of fused-ring (bicyclic) bond motifs is 4. The lowest BCUT2D eigenvalue weighted by atomic mass is 9.96. The Balaban J connectivity index is 1.24. The van der Waals surface area contributed by atoms with Gasteiger partial charge in [0.05, 0.1) is 5.69 Å². The van der Waals surface area contributed by atoms with Gasteiger partial charge in [0.2, 0.25) is 0 Å². The zero-order chi connectivity index (χ0) is 31.9. The second kappa shape index (κ2) is 12.0. The molecule has 1 heterocycles. The Labute approximate surface area is 284 Å². The lowest BCUT2D eigenvalue weighted by molar-refractivity contribution is 1.28. The summed E-state index contributed by atoms with van der Waals surface area (Å²) >= 11 is 1.86. The van der Waals surface area contributed by atoms with Gasteiger partial charge in [0, 0.05) is 37.1 Å². The zero-order valence-electron chi connectivity index (χ0n) is 26.3. The van der Waals surface area contributed by atoms with Gasteiger partial charge in [0.15, 0.2) is 0 Å². The van der Waals surface area contributed by atoms with Gasteiger partial charge < -0.3 is 4.90 Å². The van der Waals surface area contributed by atoms with Crippen molar-refractivity contribution in [3.63, 3.8) is 0 Å². The first kappa shape index (κ1) is 28.3. The summed E-state index contributed by atoms with van der Waals surface area (Å²) in [7, 11) is 0.